The number of hydrogen-bond acceptors (Lipinski definition) is 3. The molecule has 0 aromatic heterocycles. The van der Waals surface area contributed by atoms with Crippen LogP contribution in [0.2, 0.25) is 0 Å². The summed E-state index contributed by atoms with van der Waals surface area (Å²) in [6, 6.07) is -0.785. The van der Waals surface area contributed by atoms with Gasteiger partial charge in [0.2, 0.25) is 11.8 Å². The highest BCUT2D eigenvalue weighted by molar-refractivity contribution is 5.88. The minimum Gasteiger partial charge on any atom is -0.368 e. The molecular weight excluding hydrogens is 194 g/mol. The van der Waals surface area contributed by atoms with E-state index in [4.69, 9.17) is 5.73 Å². The fraction of sp³-hybridized carbons (Fsp3) is 0.800. The van der Waals surface area contributed by atoms with Crippen molar-refractivity contribution in [1.29, 1.82) is 0 Å². The summed E-state index contributed by atoms with van der Waals surface area (Å²) in [5.74, 6) is -0.0917. The summed E-state index contributed by atoms with van der Waals surface area (Å²) < 4.78 is 0. The molecule has 1 fully saturated rings. The highest BCUT2D eigenvalue weighted by Gasteiger charge is 2.25. The summed E-state index contributed by atoms with van der Waals surface area (Å²) in [5.41, 5.74) is 5.07. The first kappa shape index (κ1) is 12.0. The van der Waals surface area contributed by atoms with Gasteiger partial charge >= 0.3 is 0 Å². The largest absolute Gasteiger partial charge is 0.368 e. The standard InChI is InChI=1S/C10H19N3O2/c1-6-3-4-12-8(5-6)10(15)13-7(2)9(11)14/h6-8,12H,3-5H2,1-2H3,(H2,11,14)(H,13,15). The molecule has 0 aromatic carbocycles. The van der Waals surface area contributed by atoms with Crippen LogP contribution in [0.1, 0.15) is 26.7 Å². The Morgan fingerprint density at radius 1 is 1.53 bits per heavy atom. The molecule has 1 heterocycles. The molecule has 1 aliphatic rings. The first-order valence-corrected chi connectivity index (χ1v) is 5.33. The zero-order chi connectivity index (χ0) is 11.4. The van der Waals surface area contributed by atoms with Gasteiger partial charge in [0.05, 0.1) is 6.04 Å². The van der Waals surface area contributed by atoms with Crippen molar-refractivity contribution in [2.75, 3.05) is 6.54 Å². The minimum absolute atomic E-state index is 0.132. The van der Waals surface area contributed by atoms with Gasteiger partial charge in [-0.15, -0.1) is 0 Å². The van der Waals surface area contributed by atoms with E-state index in [9.17, 15) is 9.59 Å². The van der Waals surface area contributed by atoms with E-state index < -0.39 is 11.9 Å². The van der Waals surface area contributed by atoms with E-state index in [1.165, 1.54) is 0 Å². The Hall–Kier alpha value is -1.10. The quantitative estimate of drug-likeness (QED) is 0.583. The Morgan fingerprint density at radius 2 is 2.20 bits per heavy atom. The predicted molar refractivity (Wildman–Crippen MR) is 57.0 cm³/mol. The molecule has 0 aliphatic carbocycles. The van der Waals surface area contributed by atoms with Gasteiger partial charge in [0.1, 0.15) is 6.04 Å². The Balaban J connectivity index is 2.42. The zero-order valence-electron chi connectivity index (χ0n) is 9.25. The molecule has 86 valence electrons. The Bertz CT molecular complexity index is 255. The van der Waals surface area contributed by atoms with Crippen LogP contribution in [0, 0.1) is 5.92 Å². The van der Waals surface area contributed by atoms with Crippen molar-refractivity contribution in [3.63, 3.8) is 0 Å². The highest BCUT2D eigenvalue weighted by atomic mass is 16.2. The number of primary amides is 1. The maximum Gasteiger partial charge on any atom is 0.239 e. The van der Waals surface area contributed by atoms with Gasteiger partial charge in [-0.1, -0.05) is 6.92 Å². The third kappa shape index (κ3) is 3.51. The van der Waals surface area contributed by atoms with Crippen molar-refractivity contribution in [3.8, 4) is 0 Å². The average Bonchev–Trinajstić information content (AvgIpc) is 2.17. The predicted octanol–water partition coefficient (Wildman–Crippen LogP) is -0.635. The summed E-state index contributed by atoms with van der Waals surface area (Å²) >= 11 is 0. The molecule has 0 spiro atoms. The number of carbonyl (C=O) groups excluding carboxylic acids is 2. The van der Waals surface area contributed by atoms with Crippen LogP contribution in [0.4, 0.5) is 0 Å². The normalized spacial score (nSPS) is 28.1. The van der Waals surface area contributed by atoms with Crippen molar-refractivity contribution in [3.05, 3.63) is 0 Å². The molecule has 5 heteroatoms. The van der Waals surface area contributed by atoms with E-state index in [0.29, 0.717) is 5.92 Å². The number of hydrogen-bond donors (Lipinski definition) is 3. The second-order valence-electron chi connectivity index (χ2n) is 4.27. The topological polar surface area (TPSA) is 84.2 Å². The number of nitrogens with one attached hydrogen (secondary N) is 2. The lowest BCUT2D eigenvalue weighted by Gasteiger charge is -2.27. The molecule has 4 N–H and O–H groups in total. The van der Waals surface area contributed by atoms with Crippen molar-refractivity contribution in [2.24, 2.45) is 11.7 Å². The van der Waals surface area contributed by atoms with Crippen LogP contribution >= 0.6 is 0 Å². The van der Waals surface area contributed by atoms with E-state index in [1.807, 2.05) is 0 Å². The van der Waals surface area contributed by atoms with E-state index in [0.717, 1.165) is 19.4 Å². The number of carbonyl (C=O) groups is 2. The van der Waals surface area contributed by atoms with Gasteiger partial charge < -0.3 is 16.4 Å². The summed E-state index contributed by atoms with van der Waals surface area (Å²) in [7, 11) is 0. The van der Waals surface area contributed by atoms with Crippen molar-refractivity contribution >= 4 is 11.8 Å². The van der Waals surface area contributed by atoms with Crippen molar-refractivity contribution < 1.29 is 9.59 Å². The lowest BCUT2D eigenvalue weighted by Crippen LogP contribution is -2.52. The van der Waals surface area contributed by atoms with Crippen LogP contribution in [0.5, 0.6) is 0 Å². The van der Waals surface area contributed by atoms with Crippen LogP contribution in [-0.4, -0.2) is 30.4 Å². The number of rotatable bonds is 3. The van der Waals surface area contributed by atoms with Crippen molar-refractivity contribution in [1.82, 2.24) is 10.6 Å². The second kappa shape index (κ2) is 5.11. The van der Waals surface area contributed by atoms with E-state index >= 15 is 0 Å². The molecule has 5 nitrogen and oxygen atoms in total. The zero-order valence-corrected chi connectivity index (χ0v) is 9.25. The highest BCUT2D eigenvalue weighted by Crippen LogP contribution is 2.14. The van der Waals surface area contributed by atoms with Crippen molar-refractivity contribution in [2.45, 2.75) is 38.8 Å². The Morgan fingerprint density at radius 3 is 2.73 bits per heavy atom. The Kier molecular flexibility index (Phi) is 4.08. The SMILES string of the molecule is CC1CCNC(C(=O)NC(C)C(N)=O)C1. The summed E-state index contributed by atoms with van der Waals surface area (Å²) in [5, 5.41) is 5.72. The van der Waals surface area contributed by atoms with Gasteiger partial charge in [0, 0.05) is 0 Å². The molecule has 15 heavy (non-hydrogen) atoms. The van der Waals surface area contributed by atoms with Gasteiger partial charge in [-0.3, -0.25) is 9.59 Å². The number of nitrogens with two attached hydrogens (primary N) is 1. The fourth-order valence-electron chi connectivity index (χ4n) is 1.69. The van der Waals surface area contributed by atoms with Crippen LogP contribution in [-0.2, 0) is 9.59 Å². The molecular formula is C10H19N3O2. The summed E-state index contributed by atoms with van der Waals surface area (Å²) in [6.07, 6.45) is 1.91. The third-order valence-electron chi connectivity index (χ3n) is 2.77. The molecule has 1 rings (SSSR count). The molecule has 0 radical (unpaired) electrons. The van der Waals surface area contributed by atoms with E-state index in [-0.39, 0.29) is 11.9 Å². The van der Waals surface area contributed by atoms with Crippen LogP contribution in [0.25, 0.3) is 0 Å². The summed E-state index contributed by atoms with van der Waals surface area (Å²) in [4.78, 5) is 22.4. The van der Waals surface area contributed by atoms with Gasteiger partial charge in [-0.2, -0.15) is 0 Å². The number of amides is 2. The summed E-state index contributed by atoms with van der Waals surface area (Å²) in [6.45, 7) is 4.56. The monoisotopic (exact) mass is 213 g/mol. The first-order chi connectivity index (χ1) is 7.00. The van der Waals surface area contributed by atoms with Gasteiger partial charge in [0.15, 0.2) is 0 Å². The van der Waals surface area contributed by atoms with Gasteiger partial charge in [-0.05, 0) is 32.2 Å². The van der Waals surface area contributed by atoms with Gasteiger partial charge in [-0.25, -0.2) is 0 Å². The molecule has 3 atom stereocenters. The maximum atomic E-state index is 11.7. The maximum absolute atomic E-state index is 11.7. The average molecular weight is 213 g/mol. The minimum atomic E-state index is -0.600. The van der Waals surface area contributed by atoms with E-state index in [2.05, 4.69) is 17.6 Å². The van der Waals surface area contributed by atoms with Gasteiger partial charge in [0.25, 0.3) is 0 Å². The first-order valence-electron chi connectivity index (χ1n) is 5.33. The molecule has 0 aromatic rings. The lowest BCUT2D eigenvalue weighted by atomic mass is 9.94. The second-order valence-corrected chi connectivity index (χ2v) is 4.27. The molecule has 1 saturated heterocycles. The fourth-order valence-corrected chi connectivity index (χ4v) is 1.69. The smallest absolute Gasteiger partial charge is 0.239 e. The van der Waals surface area contributed by atoms with E-state index in [1.54, 1.807) is 6.92 Å². The van der Waals surface area contributed by atoms with Crippen LogP contribution < -0.4 is 16.4 Å². The molecule has 2 amide bonds. The van der Waals surface area contributed by atoms with Crippen LogP contribution in [0.3, 0.4) is 0 Å². The van der Waals surface area contributed by atoms with Crippen LogP contribution in [0.15, 0.2) is 0 Å². The third-order valence-corrected chi connectivity index (χ3v) is 2.77. The Labute approximate surface area is 89.8 Å². The molecule has 0 bridgehead atoms. The molecule has 0 saturated carbocycles. The lowest BCUT2D eigenvalue weighted by molar-refractivity contribution is -0.128. The molecule has 1 aliphatic heterocycles. The molecule has 3 unspecified atom stereocenters. The number of piperidine rings is 1.